The Hall–Kier alpha value is -1.44. The average Bonchev–Trinajstić information content (AvgIpc) is 3.25. The molecular weight excluding hydrogens is 354 g/mol. The number of allylic oxidation sites excluding steroid dienone is 1. The van der Waals surface area contributed by atoms with Crippen molar-refractivity contribution in [2.45, 2.75) is 56.9 Å². The number of thiophene rings is 1. The molecule has 1 N–H and O–H groups in total. The SMILES string of the molecule is CC(C)n1cc(S(=O)(=O)NCCC2=CCCCC2)c(-c2cccs2)n1. The summed E-state index contributed by atoms with van der Waals surface area (Å²) in [6.45, 7) is 4.42. The van der Waals surface area contributed by atoms with Gasteiger partial charge in [0.25, 0.3) is 0 Å². The normalized spacial score (nSPS) is 15.6. The average molecular weight is 380 g/mol. The highest BCUT2D eigenvalue weighted by Gasteiger charge is 2.24. The Labute approximate surface area is 153 Å². The van der Waals surface area contributed by atoms with E-state index in [1.165, 1.54) is 29.8 Å². The lowest BCUT2D eigenvalue weighted by Crippen LogP contribution is -2.25. The van der Waals surface area contributed by atoms with Crippen molar-refractivity contribution in [3.63, 3.8) is 0 Å². The fourth-order valence-corrected chi connectivity index (χ4v) is 4.94. The van der Waals surface area contributed by atoms with Crippen LogP contribution in [0.2, 0.25) is 0 Å². The largest absolute Gasteiger partial charge is 0.268 e. The minimum Gasteiger partial charge on any atom is -0.268 e. The van der Waals surface area contributed by atoms with Crippen molar-refractivity contribution in [1.82, 2.24) is 14.5 Å². The third-order valence-corrected chi connectivity index (χ3v) is 6.73. The van der Waals surface area contributed by atoms with E-state index in [2.05, 4.69) is 15.9 Å². The van der Waals surface area contributed by atoms with E-state index in [9.17, 15) is 8.42 Å². The van der Waals surface area contributed by atoms with Crippen LogP contribution in [0.3, 0.4) is 0 Å². The van der Waals surface area contributed by atoms with E-state index in [-0.39, 0.29) is 10.9 Å². The number of hydrogen-bond acceptors (Lipinski definition) is 4. The number of nitrogens with zero attached hydrogens (tertiary/aromatic N) is 2. The van der Waals surface area contributed by atoms with Gasteiger partial charge < -0.3 is 0 Å². The van der Waals surface area contributed by atoms with Gasteiger partial charge in [-0.25, -0.2) is 13.1 Å². The lowest BCUT2D eigenvalue weighted by molar-refractivity contribution is 0.532. The smallest absolute Gasteiger partial charge is 0.244 e. The first-order chi connectivity index (χ1) is 12.0. The third-order valence-electron chi connectivity index (χ3n) is 4.39. The number of rotatable bonds is 7. The molecule has 0 fully saturated rings. The topological polar surface area (TPSA) is 64.0 Å². The van der Waals surface area contributed by atoms with Crippen LogP contribution in [0.15, 0.2) is 40.3 Å². The van der Waals surface area contributed by atoms with Gasteiger partial charge in [0.1, 0.15) is 10.6 Å². The molecule has 0 amide bonds. The van der Waals surface area contributed by atoms with Crippen molar-refractivity contribution in [3.05, 3.63) is 35.4 Å². The highest BCUT2D eigenvalue weighted by Crippen LogP contribution is 2.30. The molecule has 0 unspecified atom stereocenters. The zero-order valence-corrected chi connectivity index (χ0v) is 16.4. The zero-order valence-electron chi connectivity index (χ0n) is 14.7. The molecule has 0 saturated carbocycles. The third kappa shape index (κ3) is 4.40. The van der Waals surface area contributed by atoms with Crippen LogP contribution in [0.4, 0.5) is 0 Å². The Bertz CT molecular complexity index is 834. The quantitative estimate of drug-likeness (QED) is 0.727. The summed E-state index contributed by atoms with van der Waals surface area (Å²) in [5.74, 6) is 0. The summed E-state index contributed by atoms with van der Waals surface area (Å²) in [7, 11) is -3.58. The van der Waals surface area contributed by atoms with Gasteiger partial charge in [0, 0.05) is 18.8 Å². The molecule has 25 heavy (non-hydrogen) atoms. The van der Waals surface area contributed by atoms with Crippen LogP contribution in [-0.2, 0) is 10.0 Å². The van der Waals surface area contributed by atoms with E-state index in [4.69, 9.17) is 0 Å². The second-order valence-electron chi connectivity index (χ2n) is 6.65. The summed E-state index contributed by atoms with van der Waals surface area (Å²) in [5, 5.41) is 6.45. The Balaban J connectivity index is 1.80. The molecule has 0 bridgehead atoms. The minimum atomic E-state index is -3.58. The highest BCUT2D eigenvalue weighted by atomic mass is 32.2. The monoisotopic (exact) mass is 379 g/mol. The molecule has 2 heterocycles. The van der Waals surface area contributed by atoms with Gasteiger partial charge in [0.2, 0.25) is 10.0 Å². The number of sulfonamides is 1. The lowest BCUT2D eigenvalue weighted by Gasteiger charge is -2.13. The first-order valence-corrected chi connectivity index (χ1v) is 11.1. The fraction of sp³-hybridized carbons (Fsp3) is 0.500. The highest BCUT2D eigenvalue weighted by molar-refractivity contribution is 7.89. The van der Waals surface area contributed by atoms with Gasteiger partial charge in [-0.15, -0.1) is 11.3 Å². The Kier molecular flexibility index (Phi) is 5.76. The van der Waals surface area contributed by atoms with Crippen LogP contribution in [-0.4, -0.2) is 24.7 Å². The molecular formula is C18H25N3O2S2. The molecule has 7 heteroatoms. The summed E-state index contributed by atoms with van der Waals surface area (Å²) in [6, 6.07) is 3.92. The standard InChI is InChI=1S/C18H25N3O2S2/c1-14(2)21-13-17(18(20-21)16-9-6-12-24-16)25(22,23)19-11-10-15-7-4-3-5-8-15/h6-7,9,12-14,19H,3-5,8,10-11H2,1-2H3. The summed E-state index contributed by atoms with van der Waals surface area (Å²) >= 11 is 1.50. The molecule has 0 aliphatic heterocycles. The zero-order chi connectivity index (χ0) is 17.9. The summed E-state index contributed by atoms with van der Waals surface area (Å²) in [4.78, 5) is 1.14. The molecule has 0 aromatic carbocycles. The Morgan fingerprint density at radius 3 is 2.84 bits per heavy atom. The van der Waals surface area contributed by atoms with Crippen LogP contribution in [0.25, 0.3) is 10.6 Å². The molecule has 0 radical (unpaired) electrons. The fourth-order valence-electron chi connectivity index (χ4n) is 2.98. The van der Waals surface area contributed by atoms with Gasteiger partial charge in [0.15, 0.2) is 0 Å². The van der Waals surface area contributed by atoms with Gasteiger partial charge >= 0.3 is 0 Å². The van der Waals surface area contributed by atoms with Crippen LogP contribution in [0.5, 0.6) is 0 Å². The second kappa shape index (κ2) is 7.85. The van der Waals surface area contributed by atoms with Crippen molar-refractivity contribution >= 4 is 21.4 Å². The molecule has 0 spiro atoms. The molecule has 2 aromatic rings. The van der Waals surface area contributed by atoms with Crippen molar-refractivity contribution in [2.75, 3.05) is 6.54 Å². The molecule has 2 aromatic heterocycles. The molecule has 0 atom stereocenters. The van der Waals surface area contributed by atoms with Crippen molar-refractivity contribution < 1.29 is 8.42 Å². The second-order valence-corrected chi connectivity index (χ2v) is 9.33. The minimum absolute atomic E-state index is 0.107. The Morgan fingerprint density at radius 1 is 1.36 bits per heavy atom. The molecule has 0 saturated heterocycles. The first kappa shape index (κ1) is 18.4. The van der Waals surface area contributed by atoms with E-state index in [0.717, 1.165) is 24.1 Å². The van der Waals surface area contributed by atoms with Crippen LogP contribution in [0.1, 0.15) is 52.0 Å². The maximum Gasteiger partial charge on any atom is 0.244 e. The summed E-state index contributed by atoms with van der Waals surface area (Å²) < 4.78 is 30.2. The van der Waals surface area contributed by atoms with Gasteiger partial charge in [-0.2, -0.15) is 5.10 Å². The van der Waals surface area contributed by atoms with E-state index in [1.807, 2.05) is 31.4 Å². The van der Waals surface area contributed by atoms with Crippen LogP contribution in [0, 0.1) is 0 Å². The van der Waals surface area contributed by atoms with Crippen molar-refractivity contribution in [2.24, 2.45) is 0 Å². The number of aromatic nitrogens is 2. The van der Waals surface area contributed by atoms with E-state index >= 15 is 0 Å². The van der Waals surface area contributed by atoms with Crippen LogP contribution >= 0.6 is 11.3 Å². The maximum atomic E-state index is 12.8. The predicted molar refractivity (Wildman–Crippen MR) is 102 cm³/mol. The number of nitrogens with one attached hydrogen (secondary N) is 1. The van der Waals surface area contributed by atoms with Gasteiger partial charge in [-0.05, 0) is 57.4 Å². The van der Waals surface area contributed by atoms with E-state index < -0.39 is 10.0 Å². The summed E-state index contributed by atoms with van der Waals surface area (Å²) in [6.07, 6.45) is 9.34. The molecule has 5 nitrogen and oxygen atoms in total. The molecule has 1 aliphatic carbocycles. The molecule has 136 valence electrons. The number of hydrogen-bond donors (Lipinski definition) is 1. The first-order valence-electron chi connectivity index (χ1n) is 8.78. The summed E-state index contributed by atoms with van der Waals surface area (Å²) in [5.41, 5.74) is 1.90. The predicted octanol–water partition coefficient (Wildman–Crippen LogP) is 4.36. The molecule has 1 aliphatic rings. The lowest BCUT2D eigenvalue weighted by atomic mass is 9.97. The maximum absolute atomic E-state index is 12.8. The van der Waals surface area contributed by atoms with E-state index in [1.54, 1.807) is 10.9 Å². The van der Waals surface area contributed by atoms with Crippen LogP contribution < -0.4 is 4.72 Å². The van der Waals surface area contributed by atoms with E-state index in [0.29, 0.717) is 12.2 Å². The van der Waals surface area contributed by atoms with Crippen molar-refractivity contribution in [1.29, 1.82) is 0 Å². The van der Waals surface area contributed by atoms with Gasteiger partial charge in [0.05, 0.1) is 4.88 Å². The Morgan fingerprint density at radius 2 is 2.20 bits per heavy atom. The van der Waals surface area contributed by atoms with Crippen molar-refractivity contribution in [3.8, 4) is 10.6 Å². The van der Waals surface area contributed by atoms with Gasteiger partial charge in [-0.1, -0.05) is 17.7 Å². The van der Waals surface area contributed by atoms with Gasteiger partial charge in [-0.3, -0.25) is 4.68 Å². The molecule has 3 rings (SSSR count).